The van der Waals surface area contributed by atoms with Gasteiger partial charge in [0.25, 0.3) is 5.91 Å². The number of nitrogens with zero attached hydrogens (tertiary/aromatic N) is 6. The summed E-state index contributed by atoms with van der Waals surface area (Å²) in [4.78, 5) is 23.5. The molecule has 4 heterocycles. The van der Waals surface area contributed by atoms with Crippen LogP contribution >= 0.6 is 0 Å². The summed E-state index contributed by atoms with van der Waals surface area (Å²) in [6.07, 6.45) is 0.175. The lowest BCUT2D eigenvalue weighted by Gasteiger charge is -2.19. The van der Waals surface area contributed by atoms with Crippen LogP contribution in [0.15, 0.2) is 49.1 Å². The second kappa shape index (κ2) is 10.1. The molecule has 12 heteroatoms. The topological polar surface area (TPSA) is 109 Å². The Hall–Kier alpha value is -4.32. The number of aryl methyl sites for hydroxylation is 1. The summed E-state index contributed by atoms with van der Waals surface area (Å²) in [7, 11) is 1.81. The molecule has 1 aliphatic heterocycles. The van der Waals surface area contributed by atoms with E-state index < -0.39 is 24.3 Å². The van der Waals surface area contributed by atoms with E-state index in [4.69, 9.17) is 0 Å². The molecule has 3 aromatic heterocycles. The molecule has 0 saturated heterocycles. The molecule has 9 nitrogen and oxygen atoms in total. The molecule has 0 saturated carbocycles. The number of hydrogen-bond donors (Lipinski definition) is 2. The molecule has 0 spiro atoms. The number of pyridine rings is 2. The number of benzene rings is 1. The molecule has 0 radical (unpaired) electrons. The van der Waals surface area contributed by atoms with Crippen LogP contribution in [0.1, 0.15) is 40.9 Å². The minimum absolute atomic E-state index is 0.0148. The first-order valence-electron chi connectivity index (χ1n) is 12.3. The van der Waals surface area contributed by atoms with Crippen LogP contribution in [0.25, 0.3) is 22.5 Å². The SMILES string of the molecule is CC(C)CNc1cc(-c2cnccc2-c2nncn2C)cc(N2Cc3c(cc(CO)cc3C(F)(F)F)C2=O)n1. The summed E-state index contributed by atoms with van der Waals surface area (Å²) in [5.41, 5.74) is 0.904. The van der Waals surface area contributed by atoms with E-state index in [1.165, 1.54) is 11.0 Å². The summed E-state index contributed by atoms with van der Waals surface area (Å²) in [6.45, 7) is 3.72. The molecule has 0 atom stereocenters. The van der Waals surface area contributed by atoms with E-state index in [1.54, 1.807) is 35.4 Å². The quantitative estimate of drug-likeness (QED) is 0.352. The van der Waals surface area contributed by atoms with Gasteiger partial charge in [-0.1, -0.05) is 13.8 Å². The molecular weight excluding hydrogens is 511 g/mol. The van der Waals surface area contributed by atoms with Crippen molar-refractivity contribution in [3.8, 4) is 22.5 Å². The van der Waals surface area contributed by atoms with Crippen molar-refractivity contribution < 1.29 is 23.1 Å². The zero-order chi connectivity index (χ0) is 27.9. The van der Waals surface area contributed by atoms with Crippen molar-refractivity contribution in [1.29, 1.82) is 0 Å². The van der Waals surface area contributed by atoms with Crippen molar-refractivity contribution in [1.82, 2.24) is 24.7 Å². The van der Waals surface area contributed by atoms with Crippen LogP contribution in [0.3, 0.4) is 0 Å². The molecule has 39 heavy (non-hydrogen) atoms. The minimum atomic E-state index is -4.69. The van der Waals surface area contributed by atoms with E-state index in [2.05, 4.69) is 25.5 Å². The fourth-order valence-corrected chi connectivity index (χ4v) is 4.55. The smallest absolute Gasteiger partial charge is 0.392 e. The molecule has 0 bridgehead atoms. The standard InChI is InChI=1S/C27H26F3N7O2/c1-15(2)10-32-23-8-17(20-11-31-5-4-18(20)25-35-33-14-36(25)3)9-24(34-23)37-12-21-19(26(37)39)6-16(13-38)7-22(21)27(28,29)30/h4-9,11,14-15,38H,10,12-13H2,1-3H3,(H,32,34). The maximum Gasteiger partial charge on any atom is 0.416 e. The number of anilines is 2. The van der Waals surface area contributed by atoms with Gasteiger partial charge in [0.15, 0.2) is 5.82 Å². The van der Waals surface area contributed by atoms with Gasteiger partial charge >= 0.3 is 6.18 Å². The lowest BCUT2D eigenvalue weighted by atomic mass is 9.99. The third-order valence-electron chi connectivity index (χ3n) is 6.45. The zero-order valence-corrected chi connectivity index (χ0v) is 21.5. The molecule has 1 amide bonds. The maximum atomic E-state index is 13.9. The number of aliphatic hydroxyl groups excluding tert-OH is 1. The Kier molecular flexibility index (Phi) is 6.81. The number of nitrogens with one attached hydrogen (secondary N) is 1. The first-order valence-corrected chi connectivity index (χ1v) is 12.3. The predicted molar refractivity (Wildman–Crippen MR) is 139 cm³/mol. The molecule has 0 fully saturated rings. The van der Waals surface area contributed by atoms with E-state index in [0.717, 1.165) is 11.6 Å². The highest BCUT2D eigenvalue weighted by molar-refractivity contribution is 6.10. The molecule has 1 aromatic carbocycles. The van der Waals surface area contributed by atoms with E-state index in [0.29, 0.717) is 29.3 Å². The summed E-state index contributed by atoms with van der Waals surface area (Å²) in [6, 6.07) is 7.45. The molecule has 5 rings (SSSR count). The van der Waals surface area contributed by atoms with Gasteiger partial charge in [-0.05, 0) is 52.9 Å². The van der Waals surface area contributed by atoms with Crippen molar-refractivity contribution in [2.45, 2.75) is 33.2 Å². The minimum Gasteiger partial charge on any atom is -0.392 e. The van der Waals surface area contributed by atoms with Crippen molar-refractivity contribution in [3.05, 3.63) is 71.3 Å². The average molecular weight is 538 g/mol. The van der Waals surface area contributed by atoms with Crippen LogP contribution in [0.2, 0.25) is 0 Å². The monoisotopic (exact) mass is 537 g/mol. The highest BCUT2D eigenvalue weighted by atomic mass is 19.4. The third kappa shape index (κ3) is 5.07. The van der Waals surface area contributed by atoms with Crippen LogP contribution < -0.4 is 10.2 Å². The first-order chi connectivity index (χ1) is 18.6. The maximum absolute atomic E-state index is 13.9. The lowest BCUT2D eigenvalue weighted by molar-refractivity contribution is -0.138. The number of carbonyl (C=O) groups is 1. The number of rotatable bonds is 7. The fraction of sp³-hybridized carbons (Fsp3) is 0.296. The van der Waals surface area contributed by atoms with Gasteiger partial charge in [-0.15, -0.1) is 10.2 Å². The van der Waals surface area contributed by atoms with Crippen molar-refractivity contribution in [2.24, 2.45) is 13.0 Å². The van der Waals surface area contributed by atoms with Crippen LogP contribution in [-0.4, -0.2) is 42.3 Å². The number of fused-ring (bicyclic) bond motifs is 1. The lowest BCUT2D eigenvalue weighted by Crippen LogP contribution is -2.24. The molecule has 202 valence electrons. The van der Waals surface area contributed by atoms with Crippen molar-refractivity contribution in [3.63, 3.8) is 0 Å². The van der Waals surface area contributed by atoms with Gasteiger partial charge in [-0.3, -0.25) is 14.7 Å². The predicted octanol–water partition coefficient (Wildman–Crippen LogP) is 4.68. The van der Waals surface area contributed by atoms with E-state index in [1.807, 2.05) is 27.0 Å². The van der Waals surface area contributed by atoms with Crippen LogP contribution in [0, 0.1) is 5.92 Å². The Labute approximate surface area is 222 Å². The number of hydrogen-bond acceptors (Lipinski definition) is 7. The van der Waals surface area contributed by atoms with Crippen LogP contribution in [-0.2, 0) is 26.4 Å². The fourth-order valence-electron chi connectivity index (χ4n) is 4.55. The van der Waals surface area contributed by atoms with Gasteiger partial charge in [0.05, 0.1) is 18.7 Å². The Morgan fingerprint density at radius 1 is 1.13 bits per heavy atom. The Morgan fingerprint density at radius 3 is 2.59 bits per heavy atom. The molecule has 0 unspecified atom stereocenters. The van der Waals surface area contributed by atoms with E-state index in [9.17, 15) is 23.1 Å². The first kappa shape index (κ1) is 26.3. The Balaban J connectivity index is 1.64. The van der Waals surface area contributed by atoms with Crippen LogP contribution in [0.5, 0.6) is 0 Å². The molecular formula is C27H26F3N7O2. The highest BCUT2D eigenvalue weighted by Gasteiger charge is 2.41. The number of aromatic nitrogens is 5. The Morgan fingerprint density at radius 2 is 1.92 bits per heavy atom. The number of amides is 1. The second-order valence-electron chi connectivity index (χ2n) is 9.78. The number of carbonyl (C=O) groups excluding carboxylic acids is 1. The van der Waals surface area contributed by atoms with Gasteiger partial charge in [0.1, 0.15) is 18.0 Å². The summed E-state index contributed by atoms with van der Waals surface area (Å²) in [5, 5.41) is 20.9. The van der Waals surface area contributed by atoms with E-state index in [-0.39, 0.29) is 35.0 Å². The second-order valence-corrected chi connectivity index (χ2v) is 9.78. The molecule has 0 aliphatic carbocycles. The van der Waals surface area contributed by atoms with Gasteiger partial charge in [0, 0.05) is 42.7 Å². The van der Waals surface area contributed by atoms with Crippen LogP contribution in [0.4, 0.5) is 24.8 Å². The third-order valence-corrected chi connectivity index (χ3v) is 6.45. The van der Waals surface area contributed by atoms with Gasteiger partial charge in [-0.2, -0.15) is 13.2 Å². The van der Waals surface area contributed by atoms with E-state index >= 15 is 0 Å². The molecule has 2 N–H and O–H groups in total. The summed E-state index contributed by atoms with van der Waals surface area (Å²) in [5.74, 6) is 0.907. The highest BCUT2D eigenvalue weighted by Crippen LogP contribution is 2.40. The number of aliphatic hydroxyl groups is 1. The van der Waals surface area contributed by atoms with Gasteiger partial charge in [-0.25, -0.2) is 4.98 Å². The normalized spacial score (nSPS) is 13.3. The molecule has 1 aliphatic rings. The Bertz CT molecular complexity index is 1550. The summed E-state index contributed by atoms with van der Waals surface area (Å²) >= 11 is 0. The molecule has 4 aromatic rings. The largest absolute Gasteiger partial charge is 0.416 e. The summed E-state index contributed by atoms with van der Waals surface area (Å²) < 4.78 is 43.4. The van der Waals surface area contributed by atoms with Crippen molar-refractivity contribution >= 4 is 17.5 Å². The average Bonchev–Trinajstić information content (AvgIpc) is 3.48. The van der Waals surface area contributed by atoms with Crippen molar-refractivity contribution in [2.75, 3.05) is 16.8 Å². The number of alkyl halides is 3. The zero-order valence-electron chi connectivity index (χ0n) is 21.5. The number of halogens is 3. The van der Waals surface area contributed by atoms with Gasteiger partial charge < -0.3 is 15.0 Å². The van der Waals surface area contributed by atoms with Gasteiger partial charge in [0.2, 0.25) is 0 Å².